The van der Waals surface area contributed by atoms with Gasteiger partial charge in [0, 0.05) is 99.2 Å². The highest BCUT2D eigenvalue weighted by atomic mass is 16.3. The Morgan fingerprint density at radius 2 is 0.628 bits per heavy atom. The minimum atomic E-state index is -1.67. The summed E-state index contributed by atoms with van der Waals surface area (Å²) in [5.74, 6) is 0. The summed E-state index contributed by atoms with van der Waals surface area (Å²) in [7, 11) is 0. The molecule has 7 heteroatoms. The minimum Gasteiger partial charge on any atom is -0.456 e. The highest BCUT2D eigenvalue weighted by Gasteiger charge is 2.43. The second-order valence-corrected chi connectivity index (χ2v) is 30.5. The quantitative estimate of drug-likeness (QED) is 0.165. The number of nitrogens with zero attached hydrogens (tertiary/aromatic N) is 4. The number of fused-ring (bicyclic) bond motifs is 30. The van der Waals surface area contributed by atoms with E-state index in [1.807, 2.05) is 224 Å². The molecule has 0 fully saturated rings. The van der Waals surface area contributed by atoms with Crippen molar-refractivity contribution < 1.29 is 33.5 Å². The molecule has 23 aromatic rings. The predicted molar refractivity (Wildman–Crippen MR) is 478 cm³/mol. The Morgan fingerprint density at radius 1 is 0.265 bits per heavy atom. The van der Waals surface area contributed by atoms with Gasteiger partial charge in [-0.25, -0.2) is 0 Å². The fraction of sp³-hybridized carbons (Fsp3) is 0.0377. The van der Waals surface area contributed by atoms with Gasteiger partial charge in [-0.3, -0.25) is 0 Å². The molecule has 0 radical (unpaired) electrons. The van der Waals surface area contributed by atoms with Crippen LogP contribution < -0.4 is 16.4 Å². The van der Waals surface area contributed by atoms with E-state index in [1.54, 1.807) is 48.5 Å². The van der Waals surface area contributed by atoms with Crippen molar-refractivity contribution in [2.24, 2.45) is 0 Å². The molecule has 0 amide bonds. The molecule has 0 unspecified atom stereocenters. The third-order valence-corrected chi connectivity index (χ3v) is 23.5. The van der Waals surface area contributed by atoms with Crippen molar-refractivity contribution in [3.05, 3.63) is 357 Å². The van der Waals surface area contributed by atoms with E-state index in [0.717, 1.165) is 0 Å². The highest BCUT2D eigenvalue weighted by Crippen LogP contribution is 2.50. The van der Waals surface area contributed by atoms with Crippen molar-refractivity contribution in [2.75, 3.05) is 0 Å². The second-order valence-electron chi connectivity index (χ2n) is 30.5. The Kier molecular flexibility index (Phi) is 9.71. The average molecular weight is 1460 g/mol. The molecule has 0 aliphatic carbocycles. The number of rotatable bonds is 4. The molecule has 2 aliphatic rings. The van der Waals surface area contributed by atoms with Gasteiger partial charge in [0.2, 0.25) is 0 Å². The lowest BCUT2D eigenvalue weighted by atomic mass is 9.34. The largest absolute Gasteiger partial charge is 0.456 e. The standard InChI is InChI=1S/C106H67BN4O2/c1-106(2,3)64-56-93-101-94(57-64)111-103-66(63-30-8-5-9-31-63)45-27-47-80(103)72-37-13-11-33-68(72)70-35-15-17-43-78(70)100-90(109-88-49-23-19-39-74(88)82-59-84-76-41-21-25-51-96(76)113-98(84)61-92(82)109)55-53-86(105(100)111)107(101)85-52-54-89(108-87-48-22-18-38-73(87)81-58-83-75-40-20-24-50-95(75)112-97(83)60-91(81)108)99-77-42-16-14-34-69(77)67-32-10-12-36-71(67)79-46-26-44-65(62-28-6-4-7-29-62)102(79)110(93)104(85)99/h4-61H,1-3H3/i18D,19D,22D,23D,38D,39D,48D,49D,52D,53D,54D,55D,56D,57D,58D,59D,60D,61D. The smallest absolute Gasteiger partial charge is 0.252 e. The summed E-state index contributed by atoms with van der Waals surface area (Å²) >= 11 is 0. The first-order chi connectivity index (χ1) is 63.3. The molecule has 0 saturated heterocycles. The van der Waals surface area contributed by atoms with Gasteiger partial charge in [-0.05, 0) is 142 Å². The zero-order valence-electron chi connectivity index (χ0n) is 78.8. The predicted octanol–water partition coefficient (Wildman–Crippen LogP) is 26.5. The second kappa shape index (κ2) is 23.1. The normalized spacial score (nSPS) is 14.9. The van der Waals surface area contributed by atoms with Gasteiger partial charge in [0.05, 0.1) is 80.2 Å². The number of aromatic nitrogens is 4. The fourth-order valence-electron chi connectivity index (χ4n) is 18.7. The fourth-order valence-corrected chi connectivity index (χ4v) is 18.7. The van der Waals surface area contributed by atoms with Crippen LogP contribution in [-0.4, -0.2) is 25.0 Å². The maximum absolute atomic E-state index is 12.1. The summed E-state index contributed by atoms with van der Waals surface area (Å²) in [5, 5.41) is 7.01. The van der Waals surface area contributed by atoms with Crippen molar-refractivity contribution >= 4 is 197 Å². The van der Waals surface area contributed by atoms with Crippen molar-refractivity contribution in [2.45, 2.75) is 26.2 Å². The van der Waals surface area contributed by atoms with Crippen LogP contribution in [-0.2, 0) is 5.41 Å². The third-order valence-electron chi connectivity index (χ3n) is 23.5. The van der Waals surface area contributed by atoms with Crippen LogP contribution in [0.25, 0.3) is 219 Å². The average Bonchev–Trinajstić information content (AvgIpc) is 1.65. The summed E-state index contributed by atoms with van der Waals surface area (Å²) in [6.07, 6.45) is 0. The first-order valence-electron chi connectivity index (χ1n) is 46.9. The minimum absolute atomic E-state index is 0.00932. The van der Waals surface area contributed by atoms with Gasteiger partial charge < -0.3 is 27.1 Å². The lowest BCUT2D eigenvalue weighted by molar-refractivity contribution is 0.589. The van der Waals surface area contributed by atoms with Gasteiger partial charge in [0.15, 0.2) is 0 Å². The molecule has 0 spiro atoms. The van der Waals surface area contributed by atoms with Gasteiger partial charge in [0.25, 0.3) is 6.71 Å². The van der Waals surface area contributed by atoms with Crippen LogP contribution in [0.3, 0.4) is 0 Å². The molecule has 6 nitrogen and oxygen atoms in total. The maximum Gasteiger partial charge on any atom is 0.252 e. The van der Waals surface area contributed by atoms with Gasteiger partial charge in [-0.15, -0.1) is 0 Å². The van der Waals surface area contributed by atoms with E-state index in [-0.39, 0.29) is 168 Å². The van der Waals surface area contributed by atoms with Crippen LogP contribution in [0.5, 0.6) is 0 Å². The summed E-state index contributed by atoms with van der Waals surface area (Å²) < 4.78 is 215. The number of para-hydroxylation sites is 6. The van der Waals surface area contributed by atoms with Crippen molar-refractivity contribution in [3.8, 4) is 45.0 Å². The van der Waals surface area contributed by atoms with Gasteiger partial charge in [0.1, 0.15) is 22.3 Å². The van der Waals surface area contributed by atoms with Crippen LogP contribution in [0.2, 0.25) is 0 Å². The van der Waals surface area contributed by atoms with Crippen LogP contribution in [0, 0.1) is 0 Å². The zero-order valence-corrected chi connectivity index (χ0v) is 60.8. The maximum atomic E-state index is 12.1. The van der Waals surface area contributed by atoms with Crippen molar-refractivity contribution in [3.63, 3.8) is 0 Å². The van der Waals surface area contributed by atoms with E-state index >= 15 is 0 Å². The summed E-state index contributed by atoms with van der Waals surface area (Å²) in [5.41, 5.74) is 2.69. The van der Waals surface area contributed by atoms with Gasteiger partial charge >= 0.3 is 0 Å². The molecule has 113 heavy (non-hydrogen) atoms. The number of benzene rings is 17. The van der Waals surface area contributed by atoms with Crippen LogP contribution in [0.4, 0.5) is 0 Å². The van der Waals surface area contributed by atoms with E-state index < -0.39 is 84.6 Å². The monoisotopic (exact) mass is 1460 g/mol. The van der Waals surface area contributed by atoms with E-state index in [4.69, 9.17) is 8.83 Å². The molecule has 0 N–H and O–H groups in total. The Balaban J connectivity index is 1.04. The van der Waals surface area contributed by atoms with Crippen molar-refractivity contribution in [1.82, 2.24) is 18.3 Å². The molecule has 25 rings (SSSR count). The van der Waals surface area contributed by atoms with E-state index in [9.17, 15) is 24.7 Å². The molecule has 2 aliphatic heterocycles. The molecular formula is C106H67BN4O2. The lowest BCUT2D eigenvalue weighted by Gasteiger charge is -2.38. The Morgan fingerprint density at radius 3 is 1.05 bits per heavy atom. The van der Waals surface area contributed by atoms with Crippen molar-refractivity contribution in [1.29, 1.82) is 0 Å². The SMILES string of the molecule is [2H]c1c2c3c(c([2H])c1C(C)(C)C)-n1c4c(-c5ccccc5)cccc4c4ccccc4c4ccccc4c4c(-n5c6c([2H])c([2H])c([2H])c([2H])c6c6c([2H])c7c(oc8ccccc87)c([2H])c65)c([2H])c([2H])c(c41)B3c1c([2H])c([2H])c(-n3c4c([2H])c([2H])c([2H])c([2H])c4c4c([2H])c5c(oc6ccccc65)c([2H])c43)c3c4ccccc4c4ccccc4c4cccc(-c5ccccc5)c4n-2c13. The molecule has 0 atom stereocenters. The highest BCUT2D eigenvalue weighted by molar-refractivity contribution is 7.00. The molecule has 6 aromatic heterocycles. The number of hydrogen-bond donors (Lipinski definition) is 0. The van der Waals surface area contributed by atoms with Crippen LogP contribution in [0.1, 0.15) is 51.0 Å². The Bertz CT molecular complexity index is 9000. The Labute approximate surface area is 674 Å². The first kappa shape index (κ1) is 47.5. The first-order valence-corrected chi connectivity index (χ1v) is 37.9. The van der Waals surface area contributed by atoms with E-state index in [0.29, 0.717) is 109 Å². The number of hydrogen-bond acceptors (Lipinski definition) is 2. The summed E-state index contributed by atoms with van der Waals surface area (Å²) in [6.45, 7) is 4.18. The molecule has 526 valence electrons. The third kappa shape index (κ3) is 8.63. The molecule has 8 heterocycles. The van der Waals surface area contributed by atoms with Crippen LogP contribution in [0.15, 0.2) is 360 Å². The molecular weight excluding hydrogens is 1370 g/mol. The van der Waals surface area contributed by atoms with E-state index in [2.05, 4.69) is 0 Å². The molecule has 0 saturated carbocycles. The number of furan rings is 2. The molecule has 17 aromatic carbocycles. The summed E-state index contributed by atoms with van der Waals surface area (Å²) in [6, 6.07) is 67.9. The van der Waals surface area contributed by atoms with Gasteiger partial charge in [-0.2, -0.15) is 0 Å². The summed E-state index contributed by atoms with van der Waals surface area (Å²) in [4.78, 5) is 0. The van der Waals surface area contributed by atoms with Crippen LogP contribution >= 0.6 is 0 Å². The topological polar surface area (TPSA) is 46.0 Å². The zero-order chi connectivity index (χ0) is 89.9. The molecule has 0 bridgehead atoms. The Hall–Kier alpha value is -14.4. The lowest BCUT2D eigenvalue weighted by Crippen LogP contribution is -2.60. The van der Waals surface area contributed by atoms with E-state index in [1.165, 1.54) is 9.13 Å². The van der Waals surface area contributed by atoms with Gasteiger partial charge in [-0.1, -0.05) is 300 Å².